The van der Waals surface area contributed by atoms with E-state index in [0.717, 1.165) is 38.5 Å². The van der Waals surface area contributed by atoms with Gasteiger partial charge in [0.2, 0.25) is 15.9 Å². The molecule has 23 heavy (non-hydrogen) atoms. The predicted molar refractivity (Wildman–Crippen MR) is 89.5 cm³/mol. The van der Waals surface area contributed by atoms with Crippen molar-refractivity contribution < 1.29 is 13.2 Å². The van der Waals surface area contributed by atoms with Crippen molar-refractivity contribution in [3.63, 3.8) is 0 Å². The molecule has 7 heteroatoms. The molecule has 2 bridgehead atoms. The summed E-state index contributed by atoms with van der Waals surface area (Å²) in [5, 5.41) is 3.51. The zero-order valence-electron chi connectivity index (χ0n) is 14.0. The highest BCUT2D eigenvalue weighted by Crippen LogP contribution is 2.24. The summed E-state index contributed by atoms with van der Waals surface area (Å²) in [4.78, 5) is 14.2. The Morgan fingerprint density at radius 1 is 1.09 bits per heavy atom. The van der Waals surface area contributed by atoms with Gasteiger partial charge in [0.15, 0.2) is 0 Å². The fraction of sp³-hybridized carbons (Fsp3) is 0.938. The molecular formula is C16H29N3O3S. The van der Waals surface area contributed by atoms with Crippen LogP contribution in [0.15, 0.2) is 0 Å². The first-order valence-corrected chi connectivity index (χ1v) is 10.6. The second-order valence-electron chi connectivity index (χ2n) is 7.60. The van der Waals surface area contributed by atoms with Gasteiger partial charge in [-0.25, -0.2) is 13.1 Å². The fourth-order valence-corrected chi connectivity index (χ4v) is 5.43. The molecule has 2 saturated heterocycles. The van der Waals surface area contributed by atoms with Crippen molar-refractivity contribution in [2.45, 2.75) is 70.0 Å². The largest absolute Gasteiger partial charge is 0.340 e. The number of sulfonamides is 1. The van der Waals surface area contributed by atoms with Gasteiger partial charge in [0.25, 0.3) is 0 Å². The van der Waals surface area contributed by atoms with Gasteiger partial charge in [0.1, 0.15) is 5.75 Å². The van der Waals surface area contributed by atoms with Crippen molar-refractivity contribution in [1.82, 2.24) is 14.9 Å². The first kappa shape index (κ1) is 17.2. The Morgan fingerprint density at radius 2 is 1.78 bits per heavy atom. The Bertz CT molecular complexity index is 529. The summed E-state index contributed by atoms with van der Waals surface area (Å²) in [6.45, 7) is 3.52. The van der Waals surface area contributed by atoms with Gasteiger partial charge in [-0.3, -0.25) is 4.79 Å². The molecule has 1 amide bonds. The molecule has 3 fully saturated rings. The number of likely N-dealkylation sites (tertiary alicyclic amines) is 1. The molecule has 0 spiro atoms. The van der Waals surface area contributed by atoms with Crippen molar-refractivity contribution in [2.75, 3.05) is 18.8 Å². The average molecular weight is 343 g/mol. The second kappa shape index (κ2) is 7.07. The maximum absolute atomic E-state index is 12.4. The Hall–Kier alpha value is -0.660. The van der Waals surface area contributed by atoms with Gasteiger partial charge >= 0.3 is 0 Å². The van der Waals surface area contributed by atoms with E-state index in [1.807, 2.05) is 0 Å². The maximum Gasteiger partial charge on any atom is 0.239 e. The highest BCUT2D eigenvalue weighted by atomic mass is 32.2. The van der Waals surface area contributed by atoms with Gasteiger partial charge < -0.3 is 10.2 Å². The normalized spacial score (nSPS) is 35.1. The number of hydrogen-bond acceptors (Lipinski definition) is 4. The van der Waals surface area contributed by atoms with Crippen molar-refractivity contribution in [1.29, 1.82) is 0 Å². The van der Waals surface area contributed by atoms with E-state index in [2.05, 4.69) is 17.0 Å². The van der Waals surface area contributed by atoms with Crippen LogP contribution >= 0.6 is 0 Å². The first-order chi connectivity index (χ1) is 10.9. The summed E-state index contributed by atoms with van der Waals surface area (Å²) in [5.41, 5.74) is 0. The third kappa shape index (κ3) is 4.67. The Balaban J connectivity index is 1.51. The Morgan fingerprint density at radius 3 is 2.52 bits per heavy atom. The van der Waals surface area contributed by atoms with Crippen molar-refractivity contribution in [2.24, 2.45) is 5.92 Å². The standard InChI is InChI=1S/C16H29N3O3S/c1-12-2-4-14(5-3-12)18-23(21,22)11-16(20)19-9-8-13-6-7-15(10-19)17-13/h12-15,17-18H,2-11H2,1H3. The number of amides is 1. The van der Waals surface area contributed by atoms with Crippen molar-refractivity contribution in [3.8, 4) is 0 Å². The molecule has 0 aromatic rings. The van der Waals surface area contributed by atoms with E-state index in [1.54, 1.807) is 4.90 Å². The molecule has 0 radical (unpaired) electrons. The zero-order valence-corrected chi connectivity index (χ0v) is 14.8. The molecular weight excluding hydrogens is 314 g/mol. The first-order valence-electron chi connectivity index (χ1n) is 8.95. The van der Waals surface area contributed by atoms with E-state index >= 15 is 0 Å². The molecule has 2 N–H and O–H groups in total. The molecule has 132 valence electrons. The third-order valence-corrected chi connectivity index (χ3v) is 6.87. The minimum absolute atomic E-state index is 0.00538. The van der Waals surface area contributed by atoms with Crippen LogP contribution in [0.25, 0.3) is 0 Å². The quantitative estimate of drug-likeness (QED) is 0.793. The van der Waals surface area contributed by atoms with Gasteiger partial charge in [-0.1, -0.05) is 6.92 Å². The molecule has 1 aliphatic carbocycles. The van der Waals surface area contributed by atoms with E-state index in [1.165, 1.54) is 6.42 Å². The number of carbonyl (C=O) groups is 1. The lowest BCUT2D eigenvalue weighted by molar-refractivity contribution is -0.128. The smallest absolute Gasteiger partial charge is 0.239 e. The van der Waals surface area contributed by atoms with E-state index in [-0.39, 0.29) is 11.9 Å². The summed E-state index contributed by atoms with van der Waals surface area (Å²) in [6, 6.07) is 0.838. The number of rotatable bonds is 4. The monoisotopic (exact) mass is 343 g/mol. The van der Waals surface area contributed by atoms with Crippen LogP contribution in [0.1, 0.15) is 51.9 Å². The number of nitrogens with one attached hydrogen (secondary N) is 2. The molecule has 2 aliphatic heterocycles. The lowest BCUT2D eigenvalue weighted by Crippen LogP contribution is -2.45. The molecule has 3 rings (SSSR count). The third-order valence-electron chi connectivity index (χ3n) is 5.55. The summed E-state index contributed by atoms with van der Waals surface area (Å²) in [5.74, 6) is 0.0182. The van der Waals surface area contributed by atoms with Gasteiger partial charge in [-0.2, -0.15) is 0 Å². The van der Waals surface area contributed by atoms with E-state index in [9.17, 15) is 13.2 Å². The molecule has 0 aromatic heterocycles. The molecule has 2 unspecified atom stereocenters. The molecule has 2 atom stereocenters. The summed E-state index contributed by atoms with van der Waals surface area (Å²) < 4.78 is 27.4. The van der Waals surface area contributed by atoms with Crippen LogP contribution < -0.4 is 10.0 Å². The second-order valence-corrected chi connectivity index (χ2v) is 9.35. The van der Waals surface area contributed by atoms with Gasteiger partial charge in [0.05, 0.1) is 0 Å². The number of fused-ring (bicyclic) bond motifs is 2. The van der Waals surface area contributed by atoms with E-state index in [4.69, 9.17) is 0 Å². The lowest BCUT2D eigenvalue weighted by Gasteiger charge is -2.28. The predicted octanol–water partition coefficient (Wildman–Crippen LogP) is 0.837. The van der Waals surface area contributed by atoms with Crippen LogP contribution in [-0.4, -0.2) is 56.2 Å². The van der Waals surface area contributed by atoms with E-state index in [0.29, 0.717) is 31.1 Å². The highest BCUT2D eigenvalue weighted by molar-refractivity contribution is 7.90. The minimum Gasteiger partial charge on any atom is -0.340 e. The Kier molecular flexibility index (Phi) is 5.28. The summed E-state index contributed by atoms with van der Waals surface area (Å²) >= 11 is 0. The van der Waals surface area contributed by atoms with Crippen LogP contribution in [-0.2, 0) is 14.8 Å². The average Bonchev–Trinajstić information content (AvgIpc) is 2.79. The van der Waals surface area contributed by atoms with Crippen LogP contribution in [0.2, 0.25) is 0 Å². The van der Waals surface area contributed by atoms with Crippen LogP contribution in [0.5, 0.6) is 0 Å². The zero-order chi connectivity index (χ0) is 16.4. The maximum atomic E-state index is 12.4. The lowest BCUT2D eigenvalue weighted by atomic mass is 9.88. The van der Waals surface area contributed by atoms with Crippen LogP contribution in [0.4, 0.5) is 0 Å². The topological polar surface area (TPSA) is 78.5 Å². The van der Waals surface area contributed by atoms with Crippen molar-refractivity contribution in [3.05, 3.63) is 0 Å². The van der Waals surface area contributed by atoms with Gasteiger partial charge in [-0.15, -0.1) is 0 Å². The van der Waals surface area contributed by atoms with E-state index < -0.39 is 15.8 Å². The number of nitrogens with zero attached hydrogens (tertiary/aromatic N) is 1. The Labute approximate surface area is 139 Å². The minimum atomic E-state index is -3.53. The number of hydrogen-bond donors (Lipinski definition) is 2. The molecule has 1 saturated carbocycles. The van der Waals surface area contributed by atoms with Gasteiger partial charge in [0, 0.05) is 31.2 Å². The summed E-state index contributed by atoms with van der Waals surface area (Å²) in [7, 11) is -3.53. The SMILES string of the molecule is CC1CCC(NS(=O)(=O)CC(=O)N2CCC3CCC(C2)N3)CC1. The molecule has 3 aliphatic rings. The van der Waals surface area contributed by atoms with Crippen molar-refractivity contribution >= 4 is 15.9 Å². The molecule has 2 heterocycles. The van der Waals surface area contributed by atoms with Gasteiger partial charge in [-0.05, 0) is 50.9 Å². The molecule has 6 nitrogen and oxygen atoms in total. The fourth-order valence-electron chi connectivity index (χ4n) is 4.10. The van der Waals surface area contributed by atoms with Crippen LogP contribution in [0, 0.1) is 5.92 Å². The highest BCUT2D eigenvalue weighted by Gasteiger charge is 2.33. The summed E-state index contributed by atoms with van der Waals surface area (Å²) in [6.07, 6.45) is 7.06. The molecule has 0 aromatic carbocycles. The van der Waals surface area contributed by atoms with Crippen LogP contribution in [0.3, 0.4) is 0 Å². The number of carbonyl (C=O) groups excluding carboxylic acids is 1.